The summed E-state index contributed by atoms with van der Waals surface area (Å²) >= 11 is 0. The third-order valence-corrected chi connectivity index (χ3v) is 10.2. The SMILES string of the molecule is c1ccc(-c2cc(-c3ccccc3)nc(-n3c4ccccc4c4cc5c(nc43)c3ccccc3n5-c3nc(-c4ccccc4)nc(-c4ccccc4)n3)n2)cc1. The van der Waals surface area contributed by atoms with E-state index in [0.717, 1.165) is 77.5 Å². The molecule has 0 saturated carbocycles. The molecule has 8 heteroatoms. The summed E-state index contributed by atoms with van der Waals surface area (Å²) in [5, 5.41) is 2.98. The van der Waals surface area contributed by atoms with Crippen LogP contribution in [0.4, 0.5) is 0 Å². The molecule has 0 atom stereocenters. The third-order valence-electron chi connectivity index (χ3n) is 10.2. The molecule has 0 radical (unpaired) electrons. The number of hydrogen-bond acceptors (Lipinski definition) is 6. The van der Waals surface area contributed by atoms with E-state index < -0.39 is 0 Å². The lowest BCUT2D eigenvalue weighted by Gasteiger charge is -2.11. The van der Waals surface area contributed by atoms with Gasteiger partial charge in [-0.25, -0.2) is 19.9 Å². The van der Waals surface area contributed by atoms with Crippen LogP contribution in [0.2, 0.25) is 0 Å². The lowest BCUT2D eigenvalue weighted by Crippen LogP contribution is -2.06. The normalized spacial score (nSPS) is 11.6. The predicted octanol–water partition coefficient (Wildman–Crippen LogP) is 10.9. The van der Waals surface area contributed by atoms with Crippen LogP contribution in [0.5, 0.6) is 0 Å². The van der Waals surface area contributed by atoms with E-state index in [1.54, 1.807) is 0 Å². The zero-order chi connectivity index (χ0) is 37.0. The molecule has 262 valence electrons. The van der Waals surface area contributed by atoms with Crippen LogP contribution in [0.15, 0.2) is 182 Å². The molecule has 0 unspecified atom stereocenters. The van der Waals surface area contributed by atoms with Crippen LogP contribution in [0, 0.1) is 0 Å². The molecule has 5 aromatic heterocycles. The smallest absolute Gasteiger partial charge is 0.238 e. The Morgan fingerprint density at radius 3 is 1.30 bits per heavy atom. The summed E-state index contributed by atoms with van der Waals surface area (Å²) in [4.78, 5) is 31.2. The van der Waals surface area contributed by atoms with Crippen molar-refractivity contribution in [1.29, 1.82) is 0 Å². The summed E-state index contributed by atoms with van der Waals surface area (Å²) in [6, 6.07) is 61.5. The molecule has 0 aliphatic carbocycles. The van der Waals surface area contributed by atoms with Gasteiger partial charge < -0.3 is 0 Å². The number of aromatic nitrogens is 8. The van der Waals surface area contributed by atoms with Gasteiger partial charge in [-0.2, -0.15) is 9.97 Å². The van der Waals surface area contributed by atoms with Gasteiger partial charge in [0.15, 0.2) is 11.6 Å². The molecular formula is C48H30N8. The number of nitrogens with zero attached hydrogens (tertiary/aromatic N) is 8. The van der Waals surface area contributed by atoms with Crippen LogP contribution in [0.25, 0.3) is 101 Å². The van der Waals surface area contributed by atoms with Gasteiger partial charge in [-0.3, -0.25) is 9.13 Å². The molecule has 56 heavy (non-hydrogen) atoms. The van der Waals surface area contributed by atoms with Crippen molar-refractivity contribution in [2.75, 3.05) is 0 Å². The highest BCUT2D eigenvalue weighted by atomic mass is 15.2. The number of rotatable bonds is 6. The van der Waals surface area contributed by atoms with Crippen molar-refractivity contribution in [2.45, 2.75) is 0 Å². The van der Waals surface area contributed by atoms with Crippen molar-refractivity contribution in [3.05, 3.63) is 182 Å². The fourth-order valence-electron chi connectivity index (χ4n) is 7.60. The first kappa shape index (κ1) is 31.7. The largest absolute Gasteiger partial charge is 0.276 e. The maximum Gasteiger partial charge on any atom is 0.238 e. The first-order valence-electron chi connectivity index (χ1n) is 18.5. The number of fused-ring (bicyclic) bond motifs is 6. The second kappa shape index (κ2) is 12.9. The average Bonchev–Trinajstić information content (AvgIpc) is 3.78. The molecule has 0 fully saturated rings. The Morgan fingerprint density at radius 2 is 0.750 bits per heavy atom. The van der Waals surface area contributed by atoms with Gasteiger partial charge in [-0.05, 0) is 24.3 Å². The van der Waals surface area contributed by atoms with Crippen LogP contribution in [-0.4, -0.2) is 39.0 Å². The standard InChI is InChI=1S/C48H30N8/c1-5-17-31(18-6-1)38-30-39(32-19-7-2-8-20-32)50-47(49-38)56-40-27-15-13-25-35(40)37-29-42-43(51-46(37)56)36-26-14-16-28-41(36)55(42)48-53-44(33-21-9-3-10-22-33)52-45(54-48)34-23-11-4-12-24-34/h1-30H. The monoisotopic (exact) mass is 718 g/mol. The molecule has 0 amide bonds. The van der Waals surface area contributed by atoms with Crippen LogP contribution in [0.3, 0.4) is 0 Å². The van der Waals surface area contributed by atoms with Gasteiger partial charge in [0.25, 0.3) is 0 Å². The molecular weight excluding hydrogens is 689 g/mol. The van der Waals surface area contributed by atoms with E-state index in [1.807, 2.05) is 115 Å². The fourth-order valence-corrected chi connectivity index (χ4v) is 7.60. The van der Waals surface area contributed by atoms with Crippen LogP contribution in [0.1, 0.15) is 0 Å². The zero-order valence-electron chi connectivity index (χ0n) is 29.9. The molecule has 0 saturated heterocycles. The van der Waals surface area contributed by atoms with E-state index in [2.05, 4.69) is 75.9 Å². The molecule has 0 N–H and O–H groups in total. The number of hydrogen-bond donors (Lipinski definition) is 0. The van der Waals surface area contributed by atoms with Gasteiger partial charge >= 0.3 is 0 Å². The summed E-state index contributed by atoms with van der Waals surface area (Å²) in [7, 11) is 0. The Morgan fingerprint density at radius 1 is 0.304 bits per heavy atom. The Bertz CT molecular complexity index is 2890. The highest BCUT2D eigenvalue weighted by Crippen LogP contribution is 2.38. The second-order valence-electron chi connectivity index (χ2n) is 13.6. The summed E-state index contributed by atoms with van der Waals surface area (Å²) < 4.78 is 4.21. The Balaban J connectivity index is 1.21. The molecule has 5 heterocycles. The highest BCUT2D eigenvalue weighted by molar-refractivity contribution is 6.15. The topological polar surface area (TPSA) is 87.2 Å². The summed E-state index contributed by atoms with van der Waals surface area (Å²) in [6.45, 7) is 0. The molecule has 11 aromatic rings. The highest BCUT2D eigenvalue weighted by Gasteiger charge is 2.23. The van der Waals surface area contributed by atoms with Crippen molar-refractivity contribution in [2.24, 2.45) is 0 Å². The van der Waals surface area contributed by atoms with Gasteiger partial charge in [0.2, 0.25) is 11.9 Å². The minimum absolute atomic E-state index is 0.514. The minimum Gasteiger partial charge on any atom is -0.276 e. The maximum absolute atomic E-state index is 5.52. The zero-order valence-corrected chi connectivity index (χ0v) is 29.9. The second-order valence-corrected chi connectivity index (χ2v) is 13.6. The summed E-state index contributed by atoms with van der Waals surface area (Å²) in [6.07, 6.45) is 0. The minimum atomic E-state index is 0.514. The van der Waals surface area contributed by atoms with Gasteiger partial charge in [0.1, 0.15) is 5.65 Å². The van der Waals surface area contributed by atoms with Crippen LogP contribution >= 0.6 is 0 Å². The molecule has 8 nitrogen and oxygen atoms in total. The van der Waals surface area contributed by atoms with Crippen molar-refractivity contribution < 1.29 is 0 Å². The molecule has 6 aromatic carbocycles. The first-order chi connectivity index (χ1) is 27.8. The lowest BCUT2D eigenvalue weighted by molar-refractivity contribution is 0.952. The molecule has 0 spiro atoms. The number of benzene rings is 6. The fraction of sp³-hybridized carbons (Fsp3) is 0. The average molecular weight is 719 g/mol. The molecule has 0 aliphatic heterocycles. The predicted molar refractivity (Wildman–Crippen MR) is 224 cm³/mol. The Kier molecular flexibility index (Phi) is 7.31. The third kappa shape index (κ3) is 5.23. The van der Waals surface area contributed by atoms with Crippen molar-refractivity contribution in [1.82, 2.24) is 39.0 Å². The molecule has 11 rings (SSSR count). The van der Waals surface area contributed by atoms with Gasteiger partial charge in [0.05, 0.1) is 33.5 Å². The number of para-hydroxylation sites is 2. The van der Waals surface area contributed by atoms with Crippen molar-refractivity contribution in [3.8, 4) is 57.2 Å². The first-order valence-corrected chi connectivity index (χ1v) is 18.5. The van der Waals surface area contributed by atoms with Gasteiger partial charge in [-0.15, -0.1) is 0 Å². The number of pyridine rings is 1. The quantitative estimate of drug-likeness (QED) is 0.170. The van der Waals surface area contributed by atoms with E-state index in [-0.39, 0.29) is 0 Å². The lowest BCUT2D eigenvalue weighted by atomic mass is 10.1. The molecule has 0 aliphatic rings. The van der Waals surface area contributed by atoms with Crippen molar-refractivity contribution in [3.63, 3.8) is 0 Å². The van der Waals surface area contributed by atoms with Crippen LogP contribution < -0.4 is 0 Å². The Labute approximate surface area is 321 Å². The van der Waals surface area contributed by atoms with E-state index >= 15 is 0 Å². The summed E-state index contributed by atoms with van der Waals surface area (Å²) in [5.41, 5.74) is 9.86. The van der Waals surface area contributed by atoms with Gasteiger partial charge in [0, 0.05) is 38.4 Å². The van der Waals surface area contributed by atoms with E-state index in [0.29, 0.717) is 23.5 Å². The van der Waals surface area contributed by atoms with Crippen molar-refractivity contribution >= 4 is 43.9 Å². The van der Waals surface area contributed by atoms with E-state index in [1.165, 1.54) is 0 Å². The maximum atomic E-state index is 5.52. The Hall–Kier alpha value is -7.84. The van der Waals surface area contributed by atoms with E-state index in [4.69, 9.17) is 29.9 Å². The van der Waals surface area contributed by atoms with Gasteiger partial charge in [-0.1, -0.05) is 158 Å². The summed E-state index contributed by atoms with van der Waals surface area (Å²) in [5.74, 6) is 2.25. The molecule has 0 bridgehead atoms. The van der Waals surface area contributed by atoms with Crippen LogP contribution in [-0.2, 0) is 0 Å². The van der Waals surface area contributed by atoms with E-state index in [9.17, 15) is 0 Å².